The quantitative estimate of drug-likeness (QED) is 0.825. The van der Waals surface area contributed by atoms with Crippen LogP contribution in [0.2, 0.25) is 0 Å². The predicted molar refractivity (Wildman–Crippen MR) is 76.0 cm³/mol. The molecule has 1 aliphatic rings. The molecule has 1 aromatic rings. The lowest BCUT2D eigenvalue weighted by atomic mass is 9.72. The van der Waals surface area contributed by atoms with Crippen LogP contribution in [0.4, 0.5) is 0 Å². The lowest BCUT2D eigenvalue weighted by Gasteiger charge is -2.35. The molecule has 0 amide bonds. The third-order valence-corrected chi connectivity index (χ3v) is 6.72. The van der Waals surface area contributed by atoms with Gasteiger partial charge in [0.05, 0.1) is 24.7 Å². The van der Waals surface area contributed by atoms with Gasteiger partial charge in [0.2, 0.25) is 0 Å². The van der Waals surface area contributed by atoms with Crippen molar-refractivity contribution in [1.29, 1.82) is 0 Å². The van der Waals surface area contributed by atoms with E-state index >= 15 is 0 Å². The molecule has 1 unspecified atom stereocenters. The average molecular weight is 304 g/mol. The van der Waals surface area contributed by atoms with E-state index in [1.54, 1.807) is 11.3 Å². The minimum absolute atomic E-state index is 0.0950. The molecule has 19 heavy (non-hydrogen) atoms. The van der Waals surface area contributed by atoms with E-state index in [1.165, 1.54) is 5.56 Å². The van der Waals surface area contributed by atoms with Crippen LogP contribution in [0.5, 0.6) is 0 Å². The van der Waals surface area contributed by atoms with E-state index in [2.05, 4.69) is 0 Å². The zero-order chi connectivity index (χ0) is 13.9. The van der Waals surface area contributed by atoms with Gasteiger partial charge in [-0.05, 0) is 47.6 Å². The van der Waals surface area contributed by atoms with Crippen LogP contribution in [-0.2, 0) is 16.3 Å². The van der Waals surface area contributed by atoms with Crippen LogP contribution in [0.1, 0.15) is 18.4 Å². The summed E-state index contributed by atoms with van der Waals surface area (Å²) in [6.45, 7) is -0.318. The summed E-state index contributed by atoms with van der Waals surface area (Å²) in [6, 6.07) is 2.02. The van der Waals surface area contributed by atoms with Crippen molar-refractivity contribution in [2.75, 3.05) is 24.7 Å². The summed E-state index contributed by atoms with van der Waals surface area (Å²) < 4.78 is 23.2. The van der Waals surface area contributed by atoms with Crippen molar-refractivity contribution in [2.24, 2.45) is 11.3 Å². The Morgan fingerprint density at radius 2 is 2.11 bits per heavy atom. The van der Waals surface area contributed by atoms with Crippen LogP contribution in [0.15, 0.2) is 16.8 Å². The molecule has 0 aromatic carbocycles. The number of aliphatic hydroxyl groups excluding tert-OH is 2. The lowest BCUT2D eigenvalue weighted by Crippen LogP contribution is -2.39. The molecule has 0 radical (unpaired) electrons. The van der Waals surface area contributed by atoms with E-state index in [0.29, 0.717) is 12.8 Å². The van der Waals surface area contributed by atoms with Gasteiger partial charge in [-0.1, -0.05) is 0 Å². The van der Waals surface area contributed by atoms with Crippen LogP contribution in [0.3, 0.4) is 0 Å². The molecule has 0 bridgehead atoms. The molecule has 2 heterocycles. The van der Waals surface area contributed by atoms with Gasteiger partial charge < -0.3 is 10.2 Å². The Bertz CT molecular complexity index is 489. The summed E-state index contributed by atoms with van der Waals surface area (Å²) in [5, 5.41) is 23.4. The van der Waals surface area contributed by atoms with Crippen LogP contribution in [0.25, 0.3) is 0 Å². The molecular formula is C13H20O4S2. The second-order valence-electron chi connectivity index (χ2n) is 5.41. The third kappa shape index (κ3) is 3.37. The van der Waals surface area contributed by atoms with Crippen LogP contribution in [-0.4, -0.2) is 43.4 Å². The number of sulfone groups is 1. The highest BCUT2D eigenvalue weighted by Crippen LogP contribution is 2.39. The maximum atomic E-state index is 11.6. The number of aliphatic hydroxyl groups is 2. The Hall–Kier alpha value is -0.430. The van der Waals surface area contributed by atoms with Crippen molar-refractivity contribution in [1.82, 2.24) is 0 Å². The molecule has 108 valence electrons. The molecule has 0 aliphatic carbocycles. The van der Waals surface area contributed by atoms with Crippen molar-refractivity contribution in [2.45, 2.75) is 19.3 Å². The number of thiophene rings is 1. The van der Waals surface area contributed by atoms with Crippen molar-refractivity contribution in [3.63, 3.8) is 0 Å². The zero-order valence-corrected chi connectivity index (χ0v) is 12.4. The Morgan fingerprint density at radius 1 is 1.37 bits per heavy atom. The van der Waals surface area contributed by atoms with E-state index in [4.69, 9.17) is 0 Å². The van der Waals surface area contributed by atoms with Gasteiger partial charge in [0.1, 0.15) is 0 Å². The van der Waals surface area contributed by atoms with E-state index in [-0.39, 0.29) is 30.6 Å². The Kier molecular flexibility index (Phi) is 4.66. The molecule has 4 nitrogen and oxygen atoms in total. The fourth-order valence-corrected chi connectivity index (χ4v) is 5.42. The van der Waals surface area contributed by atoms with Gasteiger partial charge in [-0.15, -0.1) is 0 Å². The van der Waals surface area contributed by atoms with E-state index in [9.17, 15) is 18.6 Å². The van der Waals surface area contributed by atoms with Gasteiger partial charge in [-0.25, -0.2) is 8.42 Å². The van der Waals surface area contributed by atoms with Crippen molar-refractivity contribution in [3.05, 3.63) is 22.4 Å². The fourth-order valence-electron chi connectivity index (χ4n) is 2.78. The van der Waals surface area contributed by atoms with E-state index in [0.717, 1.165) is 6.42 Å². The number of aryl methyl sites for hydroxylation is 1. The Morgan fingerprint density at radius 3 is 2.58 bits per heavy atom. The first-order valence-corrected chi connectivity index (χ1v) is 9.21. The lowest BCUT2D eigenvalue weighted by molar-refractivity contribution is 0.00540. The minimum Gasteiger partial charge on any atom is -0.396 e. The molecule has 2 rings (SSSR count). The maximum Gasteiger partial charge on any atom is 0.150 e. The smallest absolute Gasteiger partial charge is 0.150 e. The Balaban J connectivity index is 2.09. The zero-order valence-electron chi connectivity index (χ0n) is 10.8. The number of rotatable bonds is 6. The van der Waals surface area contributed by atoms with Gasteiger partial charge in [0.15, 0.2) is 9.84 Å². The van der Waals surface area contributed by atoms with Crippen molar-refractivity contribution < 1.29 is 18.6 Å². The maximum absolute atomic E-state index is 11.6. The van der Waals surface area contributed by atoms with Gasteiger partial charge in [-0.3, -0.25) is 0 Å². The van der Waals surface area contributed by atoms with Gasteiger partial charge in [-0.2, -0.15) is 11.3 Å². The summed E-state index contributed by atoms with van der Waals surface area (Å²) in [7, 11) is -2.99. The molecule has 2 N–H and O–H groups in total. The summed E-state index contributed by atoms with van der Waals surface area (Å²) in [4.78, 5) is 0. The van der Waals surface area contributed by atoms with Crippen molar-refractivity contribution >= 4 is 21.2 Å². The highest BCUT2D eigenvalue weighted by atomic mass is 32.2. The Labute approximate surface area is 118 Å². The number of hydrogen-bond acceptors (Lipinski definition) is 5. The van der Waals surface area contributed by atoms with Gasteiger partial charge >= 0.3 is 0 Å². The summed E-state index contributed by atoms with van der Waals surface area (Å²) >= 11 is 1.62. The molecule has 0 spiro atoms. The molecule has 1 atom stereocenters. The first-order valence-electron chi connectivity index (χ1n) is 6.44. The van der Waals surface area contributed by atoms with Crippen LogP contribution in [0, 0.1) is 11.3 Å². The first-order chi connectivity index (χ1) is 9.01. The minimum atomic E-state index is -2.99. The molecule has 1 saturated heterocycles. The highest BCUT2D eigenvalue weighted by Gasteiger charge is 2.43. The molecule has 1 aliphatic heterocycles. The molecule has 0 saturated carbocycles. The summed E-state index contributed by atoms with van der Waals surface area (Å²) in [6.07, 6.45) is 1.94. The van der Waals surface area contributed by atoms with Gasteiger partial charge in [0, 0.05) is 5.41 Å². The predicted octanol–water partition coefficient (Wildman–Crippen LogP) is 1.09. The fraction of sp³-hybridized carbons (Fsp3) is 0.692. The second-order valence-corrected chi connectivity index (χ2v) is 8.42. The topological polar surface area (TPSA) is 74.6 Å². The van der Waals surface area contributed by atoms with E-state index < -0.39 is 15.3 Å². The van der Waals surface area contributed by atoms with E-state index in [1.807, 2.05) is 16.8 Å². The monoisotopic (exact) mass is 304 g/mol. The largest absolute Gasteiger partial charge is 0.396 e. The molecule has 6 heteroatoms. The molecule has 1 aromatic heterocycles. The molecule has 1 fully saturated rings. The van der Waals surface area contributed by atoms with Crippen LogP contribution >= 0.6 is 11.3 Å². The highest BCUT2D eigenvalue weighted by molar-refractivity contribution is 7.91. The summed E-state index contributed by atoms with van der Waals surface area (Å²) in [5.41, 5.74) is 0.503. The van der Waals surface area contributed by atoms with Gasteiger partial charge in [0.25, 0.3) is 0 Å². The average Bonchev–Trinajstić information content (AvgIpc) is 3.01. The number of hydrogen-bond donors (Lipinski definition) is 2. The normalized spacial score (nSPS) is 22.7. The van der Waals surface area contributed by atoms with Crippen LogP contribution < -0.4 is 0 Å². The molecular weight excluding hydrogens is 284 g/mol. The third-order valence-electron chi connectivity index (χ3n) is 4.22. The first kappa shape index (κ1) is 15.0. The standard InChI is InChI=1S/C13H20O4S2/c14-9-13(10-15,4-1-11-2-5-18-7-11)12-3-6-19(16,17)8-12/h2,5,7,12,14-15H,1,3-4,6,8-10H2. The summed E-state index contributed by atoms with van der Waals surface area (Å²) in [5.74, 6) is 0.140. The SMILES string of the molecule is O=S1(=O)CCC(C(CO)(CO)CCc2ccsc2)C1. The van der Waals surface area contributed by atoms with Crippen molar-refractivity contribution in [3.8, 4) is 0 Å². The second kappa shape index (κ2) is 5.91.